The molecule has 0 aliphatic carbocycles. The fourth-order valence-corrected chi connectivity index (χ4v) is 6.01. The molecule has 2 aromatic rings. The Kier molecular flexibility index (Phi) is 11.1. The number of para-hydroxylation sites is 2. The summed E-state index contributed by atoms with van der Waals surface area (Å²) in [5, 5.41) is 5.41. The fourth-order valence-electron chi connectivity index (χ4n) is 3.69. The first kappa shape index (κ1) is 27.7. The smallest absolute Gasteiger partial charge is 0.287 e. The molecule has 1 amide bonds. The number of aliphatic imine (C=N–C) groups is 2. The number of benzene rings is 2. The van der Waals surface area contributed by atoms with E-state index in [4.69, 9.17) is 4.99 Å². The van der Waals surface area contributed by atoms with Crippen molar-refractivity contribution in [2.24, 2.45) is 9.98 Å². The van der Waals surface area contributed by atoms with Crippen molar-refractivity contribution in [3.8, 4) is 0 Å². The lowest BCUT2D eigenvalue weighted by Crippen LogP contribution is -2.28. The lowest BCUT2D eigenvalue weighted by atomic mass is 10.0. The summed E-state index contributed by atoms with van der Waals surface area (Å²) < 4.78 is 0. The summed E-state index contributed by atoms with van der Waals surface area (Å²) in [4.78, 5) is 23.0. The summed E-state index contributed by atoms with van der Waals surface area (Å²) in [6, 6.07) is 16.6. The molecule has 5 nitrogen and oxygen atoms in total. The summed E-state index contributed by atoms with van der Waals surface area (Å²) >= 11 is 4.80. The van der Waals surface area contributed by atoms with Crippen LogP contribution in [0.1, 0.15) is 57.6 Å². The van der Waals surface area contributed by atoms with Crippen molar-refractivity contribution in [3.63, 3.8) is 0 Å². The molecule has 35 heavy (non-hydrogen) atoms. The van der Waals surface area contributed by atoms with Gasteiger partial charge in [0.2, 0.25) is 0 Å². The minimum absolute atomic E-state index is 0.110. The van der Waals surface area contributed by atoms with Gasteiger partial charge in [0.25, 0.3) is 5.24 Å². The zero-order valence-corrected chi connectivity index (χ0v) is 23.7. The molecule has 0 aromatic heterocycles. The van der Waals surface area contributed by atoms with Crippen molar-refractivity contribution >= 4 is 62.2 Å². The number of nitrogens with zero attached hydrogens (tertiary/aromatic N) is 3. The molecule has 1 fully saturated rings. The Labute approximate surface area is 223 Å². The van der Waals surface area contributed by atoms with Crippen molar-refractivity contribution in [2.75, 3.05) is 35.7 Å². The third-order valence-electron chi connectivity index (χ3n) is 5.45. The van der Waals surface area contributed by atoms with Crippen LogP contribution in [0.5, 0.6) is 0 Å². The maximum absolute atomic E-state index is 12.1. The van der Waals surface area contributed by atoms with E-state index in [9.17, 15) is 4.79 Å². The number of thioether (sulfide) groups is 3. The first-order chi connectivity index (χ1) is 16.9. The summed E-state index contributed by atoms with van der Waals surface area (Å²) in [7, 11) is 0. The van der Waals surface area contributed by atoms with Gasteiger partial charge in [-0.15, -0.1) is 0 Å². The molecule has 2 aromatic carbocycles. The van der Waals surface area contributed by atoms with E-state index in [-0.39, 0.29) is 5.24 Å². The molecule has 8 heteroatoms. The highest BCUT2D eigenvalue weighted by Gasteiger charge is 2.26. The van der Waals surface area contributed by atoms with Crippen LogP contribution in [0.25, 0.3) is 0 Å². The second-order valence-electron chi connectivity index (χ2n) is 8.71. The number of carbonyl (C=O) groups excluding carboxylic acids is 1. The minimum atomic E-state index is 0.110. The van der Waals surface area contributed by atoms with Crippen LogP contribution in [-0.2, 0) is 0 Å². The van der Waals surface area contributed by atoms with Gasteiger partial charge in [-0.25, -0.2) is 4.99 Å². The predicted molar refractivity (Wildman–Crippen MR) is 159 cm³/mol. The zero-order chi connectivity index (χ0) is 25.2. The number of amidine groups is 2. The normalized spacial score (nSPS) is 16.5. The quantitative estimate of drug-likeness (QED) is 0.425. The van der Waals surface area contributed by atoms with Gasteiger partial charge in [-0.2, -0.15) is 0 Å². The molecule has 2 heterocycles. The molecule has 1 saturated heterocycles. The van der Waals surface area contributed by atoms with E-state index in [2.05, 4.69) is 68.3 Å². The SMILES string of the molecule is CC(C)c1ccccc1NC1=NCCS1.CCSC(=O)N1CCSC1=Nc1ccccc1C(C)C. The van der Waals surface area contributed by atoms with Crippen LogP contribution >= 0.6 is 35.3 Å². The lowest BCUT2D eigenvalue weighted by molar-refractivity contribution is 0.246. The van der Waals surface area contributed by atoms with E-state index in [0.29, 0.717) is 11.8 Å². The van der Waals surface area contributed by atoms with Gasteiger partial charge < -0.3 is 5.32 Å². The number of hydrogen-bond acceptors (Lipinski definition) is 7. The molecular weight excluding hydrogens is 493 g/mol. The van der Waals surface area contributed by atoms with Gasteiger partial charge in [0.1, 0.15) is 0 Å². The Bertz CT molecular complexity index is 1050. The Balaban J connectivity index is 0.000000203. The fraction of sp³-hybridized carbons (Fsp3) is 0.444. The molecule has 1 N–H and O–H groups in total. The van der Waals surface area contributed by atoms with Gasteiger partial charge in [-0.3, -0.25) is 14.7 Å². The highest BCUT2D eigenvalue weighted by atomic mass is 32.2. The summed E-state index contributed by atoms with van der Waals surface area (Å²) in [5.74, 6) is 3.80. The van der Waals surface area contributed by atoms with Crippen molar-refractivity contribution in [3.05, 3.63) is 59.7 Å². The molecule has 0 saturated carbocycles. The van der Waals surface area contributed by atoms with Crippen molar-refractivity contribution in [1.29, 1.82) is 0 Å². The standard InChI is InChI=1S/C15H20N2OS2.C12H16N2S/c1-4-19-15(18)17-9-10-20-14(17)16-13-8-6-5-7-12(13)11(2)3;1-9(2)10-5-3-4-6-11(10)14-12-13-7-8-15-12/h5-8,11H,4,9-10H2,1-3H3;3-6,9H,7-8H2,1-2H3,(H,13,14). The van der Waals surface area contributed by atoms with E-state index in [1.807, 2.05) is 25.1 Å². The van der Waals surface area contributed by atoms with Gasteiger partial charge in [0, 0.05) is 23.7 Å². The third kappa shape index (κ3) is 8.05. The Morgan fingerprint density at radius 1 is 1.03 bits per heavy atom. The zero-order valence-electron chi connectivity index (χ0n) is 21.3. The van der Waals surface area contributed by atoms with E-state index >= 15 is 0 Å². The van der Waals surface area contributed by atoms with Gasteiger partial charge in [0.15, 0.2) is 10.3 Å². The maximum Gasteiger partial charge on any atom is 0.287 e. The van der Waals surface area contributed by atoms with Gasteiger partial charge >= 0.3 is 0 Å². The van der Waals surface area contributed by atoms with Crippen LogP contribution in [0.3, 0.4) is 0 Å². The number of hydrogen-bond donors (Lipinski definition) is 1. The van der Waals surface area contributed by atoms with Crippen molar-refractivity contribution < 1.29 is 4.79 Å². The average molecular weight is 529 g/mol. The number of amides is 1. The lowest BCUT2D eigenvalue weighted by Gasteiger charge is -2.16. The number of nitrogens with one attached hydrogen (secondary N) is 1. The van der Waals surface area contributed by atoms with Crippen LogP contribution in [0.2, 0.25) is 0 Å². The van der Waals surface area contributed by atoms with Crippen LogP contribution in [0, 0.1) is 0 Å². The van der Waals surface area contributed by atoms with Crippen LogP contribution < -0.4 is 5.32 Å². The van der Waals surface area contributed by atoms with Gasteiger partial charge in [-0.1, -0.05) is 106 Å². The molecular formula is C27H36N4OS3. The largest absolute Gasteiger partial charge is 0.335 e. The molecule has 2 aliphatic heterocycles. The summed E-state index contributed by atoms with van der Waals surface area (Å²) in [6.07, 6.45) is 0. The van der Waals surface area contributed by atoms with Crippen LogP contribution in [0.4, 0.5) is 16.2 Å². The molecule has 0 radical (unpaired) electrons. The van der Waals surface area contributed by atoms with E-state index < -0.39 is 0 Å². The maximum atomic E-state index is 12.1. The second-order valence-corrected chi connectivity index (χ2v) is 12.1. The Morgan fingerprint density at radius 2 is 1.71 bits per heavy atom. The predicted octanol–water partition coefficient (Wildman–Crippen LogP) is 8.04. The number of anilines is 1. The number of rotatable bonds is 5. The molecule has 2 aliphatic rings. The average Bonchev–Trinajstić information content (AvgIpc) is 3.52. The summed E-state index contributed by atoms with van der Waals surface area (Å²) in [6.45, 7) is 12.5. The van der Waals surface area contributed by atoms with Crippen LogP contribution in [0.15, 0.2) is 58.5 Å². The molecule has 0 bridgehead atoms. The van der Waals surface area contributed by atoms with Crippen LogP contribution in [-0.4, -0.2) is 50.8 Å². The summed E-state index contributed by atoms with van der Waals surface area (Å²) in [5.41, 5.74) is 4.75. The minimum Gasteiger partial charge on any atom is -0.335 e. The van der Waals surface area contributed by atoms with Gasteiger partial charge in [-0.05, 0) is 40.8 Å². The van der Waals surface area contributed by atoms with E-state index in [1.165, 1.54) is 28.6 Å². The highest BCUT2D eigenvalue weighted by Crippen LogP contribution is 2.31. The second kappa shape index (κ2) is 14.0. The van der Waals surface area contributed by atoms with E-state index in [0.717, 1.165) is 46.4 Å². The Hall–Kier alpha value is -1.90. The van der Waals surface area contributed by atoms with Gasteiger partial charge in [0.05, 0.1) is 12.2 Å². The molecule has 4 rings (SSSR count). The molecule has 188 valence electrons. The van der Waals surface area contributed by atoms with E-state index in [1.54, 1.807) is 28.4 Å². The molecule has 0 atom stereocenters. The van der Waals surface area contributed by atoms with Crippen molar-refractivity contribution in [1.82, 2.24) is 4.90 Å². The Morgan fingerprint density at radius 3 is 2.37 bits per heavy atom. The monoisotopic (exact) mass is 528 g/mol. The first-order valence-electron chi connectivity index (χ1n) is 12.2. The van der Waals surface area contributed by atoms with Crippen molar-refractivity contribution in [2.45, 2.75) is 46.5 Å². The molecule has 0 unspecified atom stereocenters. The molecule has 0 spiro atoms. The topological polar surface area (TPSA) is 57.1 Å². The first-order valence-corrected chi connectivity index (χ1v) is 15.1. The number of carbonyl (C=O) groups is 1. The highest BCUT2D eigenvalue weighted by molar-refractivity contribution is 8.16. The third-order valence-corrected chi connectivity index (χ3v) is 8.05.